The maximum absolute atomic E-state index is 5.91. The van der Waals surface area contributed by atoms with Crippen molar-refractivity contribution < 1.29 is 0 Å². The first-order valence-electron chi connectivity index (χ1n) is 6.87. The van der Waals surface area contributed by atoms with Crippen LogP contribution in [0.2, 0.25) is 5.02 Å². The zero-order valence-electron chi connectivity index (χ0n) is 11.9. The van der Waals surface area contributed by atoms with Crippen molar-refractivity contribution in [3.63, 3.8) is 0 Å². The van der Waals surface area contributed by atoms with Gasteiger partial charge in [0.05, 0.1) is 0 Å². The van der Waals surface area contributed by atoms with Crippen molar-refractivity contribution in [2.45, 2.75) is 24.3 Å². The van der Waals surface area contributed by atoms with E-state index in [1.54, 1.807) is 0 Å². The lowest BCUT2D eigenvalue weighted by atomic mass is 10.0. The Bertz CT molecular complexity index is 539. The molecule has 3 heteroatoms. The van der Waals surface area contributed by atoms with Crippen LogP contribution in [0.5, 0.6) is 0 Å². The van der Waals surface area contributed by atoms with E-state index in [0.717, 1.165) is 17.2 Å². The molecule has 106 valence electrons. The normalized spacial score (nSPS) is 12.3. The second kappa shape index (κ2) is 7.72. The fourth-order valence-corrected chi connectivity index (χ4v) is 3.26. The Morgan fingerprint density at radius 2 is 1.90 bits per heavy atom. The highest BCUT2D eigenvalue weighted by Gasteiger charge is 2.10. The van der Waals surface area contributed by atoms with Crippen LogP contribution in [0.15, 0.2) is 53.4 Å². The van der Waals surface area contributed by atoms with Crippen molar-refractivity contribution in [1.29, 1.82) is 0 Å². The molecule has 0 aliphatic carbocycles. The van der Waals surface area contributed by atoms with E-state index in [0.29, 0.717) is 6.04 Å². The number of nitrogens with one attached hydrogen (secondary N) is 1. The molecule has 2 rings (SSSR count). The number of aryl methyl sites for hydroxylation is 1. The van der Waals surface area contributed by atoms with Crippen LogP contribution in [0.4, 0.5) is 0 Å². The molecule has 0 aliphatic rings. The van der Waals surface area contributed by atoms with Crippen molar-refractivity contribution in [2.24, 2.45) is 0 Å². The van der Waals surface area contributed by atoms with Gasteiger partial charge in [0.25, 0.3) is 0 Å². The molecule has 0 spiro atoms. The molecule has 0 radical (unpaired) electrons. The first-order chi connectivity index (χ1) is 9.72. The second-order valence-electron chi connectivity index (χ2n) is 4.70. The van der Waals surface area contributed by atoms with Crippen molar-refractivity contribution in [3.05, 3.63) is 64.7 Å². The fraction of sp³-hybridized carbons (Fsp3) is 0.294. The number of hydrogen-bond donors (Lipinski definition) is 1. The molecule has 0 amide bonds. The summed E-state index contributed by atoms with van der Waals surface area (Å²) in [6.07, 6.45) is 1.08. The molecule has 2 aromatic carbocycles. The van der Waals surface area contributed by atoms with Crippen LogP contribution in [0.3, 0.4) is 0 Å². The maximum Gasteiger partial charge on any atom is 0.0413 e. The molecule has 2 aromatic rings. The van der Waals surface area contributed by atoms with Crippen LogP contribution in [-0.4, -0.2) is 12.8 Å². The van der Waals surface area contributed by atoms with E-state index in [1.165, 1.54) is 16.0 Å². The summed E-state index contributed by atoms with van der Waals surface area (Å²) in [5, 5.41) is 4.19. The van der Waals surface area contributed by atoms with E-state index in [4.69, 9.17) is 11.6 Å². The summed E-state index contributed by atoms with van der Waals surface area (Å²) in [7, 11) is 2.02. The first-order valence-corrected chi connectivity index (χ1v) is 8.23. The average Bonchev–Trinajstić information content (AvgIpc) is 2.50. The SMILES string of the molecule is CCc1cccc(C(CSc2ccc(Cl)cc2)NC)c1. The second-order valence-corrected chi connectivity index (χ2v) is 6.23. The first kappa shape index (κ1) is 15.4. The predicted octanol–water partition coefficient (Wildman–Crippen LogP) is 4.96. The Morgan fingerprint density at radius 3 is 2.55 bits per heavy atom. The van der Waals surface area contributed by atoms with Crippen LogP contribution in [0.1, 0.15) is 24.1 Å². The van der Waals surface area contributed by atoms with Gasteiger partial charge < -0.3 is 5.32 Å². The van der Waals surface area contributed by atoms with Crippen LogP contribution < -0.4 is 5.32 Å². The van der Waals surface area contributed by atoms with Gasteiger partial charge in [0.15, 0.2) is 0 Å². The lowest BCUT2D eigenvalue weighted by Gasteiger charge is -2.17. The summed E-state index contributed by atoms with van der Waals surface area (Å²) in [6.45, 7) is 2.19. The van der Waals surface area contributed by atoms with E-state index in [1.807, 2.05) is 30.9 Å². The largest absolute Gasteiger partial charge is 0.312 e. The van der Waals surface area contributed by atoms with Crippen LogP contribution >= 0.6 is 23.4 Å². The molecule has 0 aromatic heterocycles. The summed E-state index contributed by atoms with van der Waals surface area (Å²) >= 11 is 7.76. The van der Waals surface area contributed by atoms with E-state index >= 15 is 0 Å². The number of halogens is 1. The highest BCUT2D eigenvalue weighted by atomic mass is 35.5. The maximum atomic E-state index is 5.91. The van der Waals surface area contributed by atoms with Gasteiger partial charge in [-0.05, 0) is 48.9 Å². The fourth-order valence-electron chi connectivity index (χ4n) is 2.09. The molecule has 1 atom stereocenters. The summed E-state index contributed by atoms with van der Waals surface area (Å²) < 4.78 is 0. The summed E-state index contributed by atoms with van der Waals surface area (Å²) in [6, 6.07) is 17.2. The highest BCUT2D eigenvalue weighted by molar-refractivity contribution is 7.99. The standard InChI is InChI=1S/C17H20ClNS/c1-3-13-5-4-6-14(11-13)17(19-2)12-20-16-9-7-15(18)8-10-16/h4-11,17,19H,3,12H2,1-2H3. The molecule has 0 fully saturated rings. The third kappa shape index (κ3) is 4.27. The summed E-state index contributed by atoms with van der Waals surface area (Å²) in [5.74, 6) is 1.01. The van der Waals surface area contributed by atoms with Gasteiger partial charge in [-0.25, -0.2) is 0 Å². The minimum atomic E-state index is 0.363. The average molecular weight is 306 g/mol. The van der Waals surface area contributed by atoms with Gasteiger partial charge >= 0.3 is 0 Å². The summed E-state index contributed by atoms with van der Waals surface area (Å²) in [5.41, 5.74) is 2.74. The van der Waals surface area contributed by atoms with Crippen LogP contribution in [0.25, 0.3) is 0 Å². The molecule has 1 unspecified atom stereocenters. The zero-order chi connectivity index (χ0) is 14.4. The minimum absolute atomic E-state index is 0.363. The third-order valence-corrected chi connectivity index (χ3v) is 4.70. The molecule has 0 heterocycles. The predicted molar refractivity (Wildman–Crippen MR) is 89.8 cm³/mol. The van der Waals surface area contributed by atoms with Gasteiger partial charge in [-0.2, -0.15) is 0 Å². The van der Waals surface area contributed by atoms with E-state index < -0.39 is 0 Å². The molecule has 0 saturated heterocycles. The van der Waals surface area contributed by atoms with E-state index in [-0.39, 0.29) is 0 Å². The van der Waals surface area contributed by atoms with Crippen molar-refractivity contribution in [1.82, 2.24) is 5.32 Å². The Labute approximate surface area is 130 Å². The number of benzene rings is 2. The Balaban J connectivity index is 2.03. The molecular weight excluding hydrogens is 286 g/mol. The van der Waals surface area contributed by atoms with Gasteiger partial charge in [0.2, 0.25) is 0 Å². The molecular formula is C17H20ClNS. The van der Waals surface area contributed by atoms with Gasteiger partial charge in [0.1, 0.15) is 0 Å². The van der Waals surface area contributed by atoms with Crippen LogP contribution in [-0.2, 0) is 6.42 Å². The topological polar surface area (TPSA) is 12.0 Å². The quantitative estimate of drug-likeness (QED) is 0.757. The Hall–Kier alpha value is -0.960. The van der Waals surface area contributed by atoms with Crippen molar-refractivity contribution >= 4 is 23.4 Å². The number of rotatable bonds is 6. The van der Waals surface area contributed by atoms with Crippen molar-refractivity contribution in [3.8, 4) is 0 Å². The molecule has 0 bridgehead atoms. The van der Waals surface area contributed by atoms with Gasteiger partial charge in [0, 0.05) is 21.7 Å². The lowest BCUT2D eigenvalue weighted by molar-refractivity contribution is 0.661. The molecule has 0 saturated carbocycles. The van der Waals surface area contributed by atoms with Gasteiger partial charge in [-0.15, -0.1) is 11.8 Å². The third-order valence-electron chi connectivity index (χ3n) is 3.34. The van der Waals surface area contributed by atoms with Gasteiger partial charge in [-0.1, -0.05) is 42.8 Å². The Kier molecular flexibility index (Phi) is 5.96. The van der Waals surface area contributed by atoms with Crippen molar-refractivity contribution in [2.75, 3.05) is 12.8 Å². The zero-order valence-corrected chi connectivity index (χ0v) is 13.5. The Morgan fingerprint density at radius 1 is 1.15 bits per heavy atom. The molecule has 1 nitrogen and oxygen atoms in total. The monoisotopic (exact) mass is 305 g/mol. The van der Waals surface area contributed by atoms with Crippen LogP contribution in [0, 0.1) is 0 Å². The lowest BCUT2D eigenvalue weighted by Crippen LogP contribution is -2.18. The van der Waals surface area contributed by atoms with E-state index in [9.17, 15) is 0 Å². The smallest absolute Gasteiger partial charge is 0.0413 e. The van der Waals surface area contributed by atoms with Gasteiger partial charge in [-0.3, -0.25) is 0 Å². The molecule has 0 aliphatic heterocycles. The molecule has 1 N–H and O–H groups in total. The molecule has 20 heavy (non-hydrogen) atoms. The summed E-state index contributed by atoms with van der Waals surface area (Å²) in [4.78, 5) is 1.25. The number of hydrogen-bond acceptors (Lipinski definition) is 2. The minimum Gasteiger partial charge on any atom is -0.312 e. The van der Waals surface area contributed by atoms with E-state index in [2.05, 4.69) is 48.6 Å². The highest BCUT2D eigenvalue weighted by Crippen LogP contribution is 2.26. The number of thioether (sulfide) groups is 1.